The zero-order valence-electron chi connectivity index (χ0n) is 14.9. The highest BCUT2D eigenvalue weighted by Crippen LogP contribution is 2.25. The summed E-state index contributed by atoms with van der Waals surface area (Å²) in [4.78, 5) is 14.4. The van der Waals surface area contributed by atoms with E-state index < -0.39 is 0 Å². The molecule has 134 valence electrons. The first-order chi connectivity index (χ1) is 12.7. The number of hydrogen-bond acceptors (Lipinski definition) is 2. The van der Waals surface area contributed by atoms with Gasteiger partial charge in [0.15, 0.2) is 0 Å². The van der Waals surface area contributed by atoms with E-state index in [4.69, 9.17) is 0 Å². The number of benzene rings is 1. The predicted octanol–water partition coefficient (Wildman–Crippen LogP) is 3.00. The van der Waals surface area contributed by atoms with Gasteiger partial charge in [0, 0.05) is 44.1 Å². The molecule has 26 heavy (non-hydrogen) atoms. The van der Waals surface area contributed by atoms with E-state index in [1.165, 1.54) is 5.69 Å². The number of carbonyl (C=O) groups is 1. The molecule has 2 aromatic heterocycles. The van der Waals surface area contributed by atoms with Gasteiger partial charge in [0.1, 0.15) is 0 Å². The van der Waals surface area contributed by atoms with Crippen molar-refractivity contribution in [1.29, 1.82) is 0 Å². The highest BCUT2D eigenvalue weighted by atomic mass is 16.2. The van der Waals surface area contributed by atoms with Crippen molar-refractivity contribution < 1.29 is 4.79 Å². The summed E-state index contributed by atoms with van der Waals surface area (Å²) < 4.78 is 4.07. The summed E-state index contributed by atoms with van der Waals surface area (Å²) in [6.07, 6.45) is 4.74. The van der Waals surface area contributed by atoms with Crippen LogP contribution in [0.4, 0.5) is 4.79 Å². The molecule has 6 heteroatoms. The average Bonchev–Trinajstić information content (AvgIpc) is 3.32. The van der Waals surface area contributed by atoms with Crippen LogP contribution in [-0.4, -0.2) is 38.4 Å². The van der Waals surface area contributed by atoms with E-state index in [0.717, 1.165) is 24.5 Å². The maximum atomic E-state index is 12.5. The number of para-hydroxylation sites is 1. The van der Waals surface area contributed by atoms with Crippen LogP contribution in [-0.2, 0) is 13.0 Å². The summed E-state index contributed by atoms with van der Waals surface area (Å²) in [5.74, 6) is 0. The third-order valence-corrected chi connectivity index (χ3v) is 4.93. The van der Waals surface area contributed by atoms with Crippen LogP contribution in [0.2, 0.25) is 0 Å². The molecule has 0 unspecified atom stereocenters. The summed E-state index contributed by atoms with van der Waals surface area (Å²) in [5, 5.41) is 7.61. The lowest BCUT2D eigenvalue weighted by atomic mass is 10.1. The van der Waals surface area contributed by atoms with Gasteiger partial charge in [0.2, 0.25) is 0 Å². The van der Waals surface area contributed by atoms with Gasteiger partial charge in [-0.15, -0.1) is 0 Å². The molecule has 1 aliphatic heterocycles. The molecule has 0 saturated heterocycles. The first-order valence-corrected chi connectivity index (χ1v) is 9.02. The third kappa shape index (κ3) is 3.22. The minimum atomic E-state index is -0.00700. The number of amides is 2. The van der Waals surface area contributed by atoms with Gasteiger partial charge in [-0.1, -0.05) is 18.2 Å². The monoisotopic (exact) mass is 349 g/mol. The Hall–Kier alpha value is -3.02. The molecule has 0 radical (unpaired) electrons. The minimum absolute atomic E-state index is 0.00700. The molecule has 4 rings (SSSR count). The molecular formula is C20H23N5O. The van der Waals surface area contributed by atoms with Gasteiger partial charge < -0.3 is 14.8 Å². The molecule has 1 aromatic carbocycles. The van der Waals surface area contributed by atoms with Crippen LogP contribution in [0.15, 0.2) is 60.9 Å². The number of nitrogens with zero attached hydrogens (tertiary/aromatic N) is 4. The lowest BCUT2D eigenvalue weighted by molar-refractivity contribution is 0.162. The fraction of sp³-hybridized carbons (Fsp3) is 0.300. The Bertz CT molecular complexity index is 883. The van der Waals surface area contributed by atoms with Crippen LogP contribution in [0.25, 0.3) is 5.69 Å². The van der Waals surface area contributed by atoms with E-state index in [-0.39, 0.29) is 12.1 Å². The second-order valence-corrected chi connectivity index (χ2v) is 6.56. The Labute approximate surface area is 153 Å². The Balaban J connectivity index is 1.31. The standard InChI is InChI=1S/C20H23N5O/c1-16-19-8-5-12-23(19)14-15-24(16)20(26)21-11-9-17-10-13-25(22-17)18-6-3-2-4-7-18/h2-8,10,12-13,16H,9,11,14-15H2,1H3,(H,21,26)/t16-/m0/s1. The van der Waals surface area contributed by atoms with Gasteiger partial charge in [-0.05, 0) is 37.3 Å². The molecule has 1 aliphatic rings. The Morgan fingerprint density at radius 3 is 2.81 bits per heavy atom. The van der Waals surface area contributed by atoms with Crippen LogP contribution in [0.5, 0.6) is 0 Å². The highest BCUT2D eigenvalue weighted by Gasteiger charge is 2.26. The molecule has 3 heterocycles. The van der Waals surface area contributed by atoms with Crippen molar-refractivity contribution in [3.8, 4) is 5.69 Å². The van der Waals surface area contributed by atoms with Crippen LogP contribution in [0.1, 0.15) is 24.4 Å². The van der Waals surface area contributed by atoms with Crippen LogP contribution >= 0.6 is 0 Å². The van der Waals surface area contributed by atoms with Gasteiger partial charge >= 0.3 is 6.03 Å². The second-order valence-electron chi connectivity index (χ2n) is 6.56. The van der Waals surface area contributed by atoms with Crippen molar-refractivity contribution in [3.05, 3.63) is 72.3 Å². The lowest BCUT2D eigenvalue weighted by Crippen LogP contribution is -2.46. The Morgan fingerprint density at radius 1 is 1.12 bits per heavy atom. The van der Waals surface area contributed by atoms with Crippen molar-refractivity contribution in [2.45, 2.75) is 25.9 Å². The minimum Gasteiger partial charge on any atom is -0.348 e. The molecule has 2 amide bonds. The topological polar surface area (TPSA) is 55.1 Å². The molecular weight excluding hydrogens is 326 g/mol. The first kappa shape index (κ1) is 16.4. The first-order valence-electron chi connectivity index (χ1n) is 9.02. The Morgan fingerprint density at radius 2 is 1.96 bits per heavy atom. The normalized spacial score (nSPS) is 16.3. The third-order valence-electron chi connectivity index (χ3n) is 4.93. The molecule has 0 saturated carbocycles. The van der Waals surface area contributed by atoms with Crippen LogP contribution in [0, 0.1) is 0 Å². The molecule has 1 atom stereocenters. The van der Waals surface area contributed by atoms with Crippen molar-refractivity contribution in [1.82, 2.24) is 24.6 Å². The van der Waals surface area contributed by atoms with Gasteiger partial charge in [-0.2, -0.15) is 5.10 Å². The summed E-state index contributed by atoms with van der Waals surface area (Å²) in [5.41, 5.74) is 3.19. The fourth-order valence-corrected chi connectivity index (χ4v) is 3.47. The van der Waals surface area contributed by atoms with Gasteiger partial charge in [0.05, 0.1) is 17.4 Å². The predicted molar refractivity (Wildman–Crippen MR) is 100 cm³/mol. The van der Waals surface area contributed by atoms with Crippen LogP contribution < -0.4 is 5.32 Å². The lowest BCUT2D eigenvalue weighted by Gasteiger charge is -2.34. The van der Waals surface area contributed by atoms with E-state index in [0.29, 0.717) is 13.0 Å². The quantitative estimate of drug-likeness (QED) is 0.787. The van der Waals surface area contributed by atoms with Crippen molar-refractivity contribution in [2.75, 3.05) is 13.1 Å². The number of carbonyl (C=O) groups excluding carboxylic acids is 1. The van der Waals surface area contributed by atoms with Crippen molar-refractivity contribution in [2.24, 2.45) is 0 Å². The molecule has 3 aromatic rings. The zero-order valence-corrected chi connectivity index (χ0v) is 14.9. The van der Waals surface area contributed by atoms with Crippen molar-refractivity contribution in [3.63, 3.8) is 0 Å². The van der Waals surface area contributed by atoms with E-state index >= 15 is 0 Å². The maximum Gasteiger partial charge on any atom is 0.318 e. The van der Waals surface area contributed by atoms with Gasteiger partial charge in [-0.25, -0.2) is 9.48 Å². The summed E-state index contributed by atoms with van der Waals surface area (Å²) in [6, 6.07) is 16.2. The van der Waals surface area contributed by atoms with Crippen LogP contribution in [0.3, 0.4) is 0 Å². The summed E-state index contributed by atoms with van der Waals surface area (Å²) >= 11 is 0. The number of urea groups is 1. The van der Waals surface area contributed by atoms with E-state index in [9.17, 15) is 4.79 Å². The maximum absolute atomic E-state index is 12.5. The number of aromatic nitrogens is 3. The largest absolute Gasteiger partial charge is 0.348 e. The molecule has 6 nitrogen and oxygen atoms in total. The summed E-state index contributed by atoms with van der Waals surface area (Å²) in [7, 11) is 0. The van der Waals surface area contributed by atoms with Gasteiger partial charge in [-0.3, -0.25) is 0 Å². The Kier molecular flexibility index (Phi) is 4.48. The number of nitrogens with one attached hydrogen (secondary N) is 1. The second kappa shape index (κ2) is 7.07. The molecule has 0 aliphatic carbocycles. The van der Waals surface area contributed by atoms with E-state index in [2.05, 4.69) is 34.2 Å². The number of hydrogen-bond donors (Lipinski definition) is 1. The van der Waals surface area contributed by atoms with E-state index in [1.807, 2.05) is 58.2 Å². The summed E-state index contributed by atoms with van der Waals surface area (Å²) in [6.45, 7) is 4.24. The average molecular weight is 349 g/mol. The molecule has 0 fully saturated rings. The molecule has 0 spiro atoms. The number of rotatable bonds is 4. The smallest absolute Gasteiger partial charge is 0.318 e. The number of fused-ring (bicyclic) bond motifs is 1. The SMILES string of the molecule is C[C@H]1c2cccn2CCN1C(=O)NCCc1ccn(-c2ccccc2)n1. The van der Waals surface area contributed by atoms with E-state index in [1.54, 1.807) is 0 Å². The van der Waals surface area contributed by atoms with Gasteiger partial charge in [0.25, 0.3) is 0 Å². The molecule has 1 N–H and O–H groups in total. The fourth-order valence-electron chi connectivity index (χ4n) is 3.47. The molecule has 0 bridgehead atoms. The van der Waals surface area contributed by atoms with Crippen molar-refractivity contribution >= 4 is 6.03 Å². The highest BCUT2D eigenvalue weighted by molar-refractivity contribution is 5.74. The zero-order chi connectivity index (χ0) is 17.9.